The molecule has 0 spiro atoms. The maximum Gasteiger partial charge on any atom is 0.265 e. The number of carbonyl (C=O) groups excluding carboxylic acids is 1. The Morgan fingerprint density at radius 2 is 1.78 bits per heavy atom. The summed E-state index contributed by atoms with van der Waals surface area (Å²) in [4.78, 5) is 16.9. The Balaban J connectivity index is 1.92. The topological polar surface area (TPSA) is 79.4 Å². The van der Waals surface area contributed by atoms with Gasteiger partial charge in [-0.2, -0.15) is 0 Å². The van der Waals surface area contributed by atoms with Crippen LogP contribution in [-0.4, -0.2) is 31.9 Å². The van der Waals surface area contributed by atoms with Crippen LogP contribution in [0.25, 0.3) is 0 Å². The molecule has 0 aliphatic carbocycles. The number of amides is 1. The standard InChI is InChI=1S/C22H20Cl2FN3O3S/c1-15(22(29)27-13-11-18-4-2-3-12-26-18)28(21-14-17(24)7-10-20(21)25)32(30,31)19-8-5-16(23)6-9-19/h2-10,12,14-15H,11,13H2,1H3,(H,27,29)/t15-/m1/s1. The average molecular weight is 496 g/mol. The Kier molecular flexibility index (Phi) is 7.71. The number of halogens is 3. The molecular weight excluding hydrogens is 476 g/mol. The highest BCUT2D eigenvalue weighted by molar-refractivity contribution is 7.93. The number of nitrogens with one attached hydrogen (secondary N) is 1. The summed E-state index contributed by atoms with van der Waals surface area (Å²) in [6.07, 6.45) is 2.09. The fourth-order valence-corrected chi connectivity index (χ4v) is 4.95. The molecule has 1 heterocycles. The molecule has 6 nitrogen and oxygen atoms in total. The van der Waals surface area contributed by atoms with Gasteiger partial charge in [-0.3, -0.25) is 14.1 Å². The number of pyridine rings is 1. The van der Waals surface area contributed by atoms with Crippen molar-refractivity contribution in [2.24, 2.45) is 0 Å². The third-order valence-electron chi connectivity index (χ3n) is 4.65. The molecule has 0 saturated heterocycles. The van der Waals surface area contributed by atoms with Crippen LogP contribution in [0.2, 0.25) is 10.0 Å². The minimum Gasteiger partial charge on any atom is -0.354 e. The van der Waals surface area contributed by atoms with Crippen LogP contribution < -0.4 is 9.62 Å². The van der Waals surface area contributed by atoms with Gasteiger partial charge in [0.15, 0.2) is 0 Å². The summed E-state index contributed by atoms with van der Waals surface area (Å²) in [5, 5.41) is 3.15. The molecule has 0 bridgehead atoms. The summed E-state index contributed by atoms with van der Waals surface area (Å²) in [6, 6.07) is 13.1. The first-order valence-electron chi connectivity index (χ1n) is 9.63. The van der Waals surface area contributed by atoms with E-state index >= 15 is 0 Å². The van der Waals surface area contributed by atoms with E-state index in [9.17, 15) is 17.6 Å². The predicted molar refractivity (Wildman–Crippen MR) is 123 cm³/mol. The van der Waals surface area contributed by atoms with E-state index in [1.165, 1.54) is 43.3 Å². The summed E-state index contributed by atoms with van der Waals surface area (Å²) in [5.74, 6) is -1.43. The molecule has 3 rings (SSSR count). The third kappa shape index (κ3) is 5.56. The van der Waals surface area contributed by atoms with Crippen molar-refractivity contribution in [1.82, 2.24) is 10.3 Å². The highest BCUT2D eigenvalue weighted by atomic mass is 35.5. The van der Waals surface area contributed by atoms with Crippen molar-refractivity contribution in [2.45, 2.75) is 24.3 Å². The maximum atomic E-state index is 14.7. The molecule has 1 aromatic heterocycles. The van der Waals surface area contributed by atoms with Crippen molar-refractivity contribution in [1.29, 1.82) is 0 Å². The van der Waals surface area contributed by atoms with Crippen molar-refractivity contribution in [2.75, 3.05) is 10.8 Å². The van der Waals surface area contributed by atoms with Crippen LogP contribution in [0.4, 0.5) is 10.1 Å². The van der Waals surface area contributed by atoms with Gasteiger partial charge in [0.25, 0.3) is 10.0 Å². The summed E-state index contributed by atoms with van der Waals surface area (Å²) in [5.41, 5.74) is 0.437. The van der Waals surface area contributed by atoms with Crippen LogP contribution >= 0.6 is 23.2 Å². The Bertz CT molecular complexity index is 1190. The van der Waals surface area contributed by atoms with Crippen LogP contribution in [0.3, 0.4) is 0 Å². The second-order valence-corrected chi connectivity index (χ2v) is 9.58. The molecule has 0 aliphatic rings. The fourth-order valence-electron chi connectivity index (χ4n) is 3.04. The van der Waals surface area contributed by atoms with Gasteiger partial charge in [-0.05, 0) is 61.5 Å². The van der Waals surface area contributed by atoms with Crippen LogP contribution in [0.1, 0.15) is 12.6 Å². The average Bonchev–Trinajstić information content (AvgIpc) is 2.77. The van der Waals surface area contributed by atoms with Gasteiger partial charge >= 0.3 is 0 Å². The van der Waals surface area contributed by atoms with Crippen molar-refractivity contribution in [3.05, 3.63) is 88.4 Å². The van der Waals surface area contributed by atoms with Crippen molar-refractivity contribution in [3.63, 3.8) is 0 Å². The van der Waals surface area contributed by atoms with E-state index < -0.39 is 27.8 Å². The Labute approximate surface area is 196 Å². The first-order valence-corrected chi connectivity index (χ1v) is 11.8. The van der Waals surface area contributed by atoms with Gasteiger partial charge in [-0.1, -0.05) is 29.3 Å². The molecule has 0 aliphatic heterocycles. The van der Waals surface area contributed by atoms with Crippen LogP contribution in [-0.2, 0) is 21.2 Å². The monoisotopic (exact) mass is 495 g/mol. The normalized spacial score (nSPS) is 12.2. The van der Waals surface area contributed by atoms with Gasteiger partial charge < -0.3 is 5.32 Å². The zero-order valence-electron chi connectivity index (χ0n) is 17.0. The molecule has 168 valence electrons. The minimum absolute atomic E-state index is 0.125. The molecule has 1 N–H and O–H groups in total. The van der Waals surface area contributed by atoms with E-state index in [1.807, 2.05) is 12.1 Å². The van der Waals surface area contributed by atoms with Crippen LogP contribution in [0.5, 0.6) is 0 Å². The first-order chi connectivity index (χ1) is 15.2. The highest BCUT2D eigenvalue weighted by Gasteiger charge is 2.35. The molecule has 2 aromatic carbocycles. The second kappa shape index (κ2) is 10.3. The summed E-state index contributed by atoms with van der Waals surface area (Å²) < 4.78 is 42.3. The zero-order chi connectivity index (χ0) is 23.3. The van der Waals surface area contributed by atoms with Crippen LogP contribution in [0, 0.1) is 5.82 Å². The summed E-state index contributed by atoms with van der Waals surface area (Å²) in [6.45, 7) is 1.61. The molecule has 0 saturated carbocycles. The van der Waals surface area contributed by atoms with Gasteiger partial charge in [0, 0.05) is 34.9 Å². The second-order valence-electron chi connectivity index (χ2n) is 6.89. The molecule has 32 heavy (non-hydrogen) atoms. The van der Waals surface area contributed by atoms with Crippen molar-refractivity contribution >= 4 is 44.8 Å². The maximum absolute atomic E-state index is 14.7. The zero-order valence-corrected chi connectivity index (χ0v) is 19.3. The lowest BCUT2D eigenvalue weighted by Gasteiger charge is -2.30. The number of hydrogen-bond donors (Lipinski definition) is 1. The van der Waals surface area contributed by atoms with Gasteiger partial charge in [0.2, 0.25) is 5.91 Å². The Morgan fingerprint density at radius 3 is 2.44 bits per heavy atom. The van der Waals surface area contributed by atoms with E-state index in [4.69, 9.17) is 23.2 Å². The fraction of sp³-hybridized carbons (Fsp3) is 0.182. The molecule has 1 amide bonds. The quantitative estimate of drug-likeness (QED) is 0.499. The molecule has 3 aromatic rings. The highest BCUT2D eigenvalue weighted by Crippen LogP contribution is 2.31. The molecule has 1 atom stereocenters. The smallest absolute Gasteiger partial charge is 0.265 e. The molecule has 10 heteroatoms. The van der Waals surface area contributed by atoms with Gasteiger partial charge in [-0.25, -0.2) is 12.8 Å². The molecule has 0 fully saturated rings. The van der Waals surface area contributed by atoms with Gasteiger partial charge in [-0.15, -0.1) is 0 Å². The number of rotatable bonds is 8. The third-order valence-corrected chi connectivity index (χ3v) is 7.04. The molecule has 0 radical (unpaired) electrons. The predicted octanol–water partition coefficient (Wildman–Crippen LogP) is 4.47. The van der Waals surface area contributed by atoms with E-state index in [2.05, 4.69) is 10.3 Å². The number of benzene rings is 2. The van der Waals surface area contributed by atoms with E-state index in [-0.39, 0.29) is 22.2 Å². The largest absolute Gasteiger partial charge is 0.354 e. The van der Waals surface area contributed by atoms with E-state index in [0.717, 1.165) is 16.1 Å². The lowest BCUT2D eigenvalue weighted by Crippen LogP contribution is -2.49. The number of anilines is 1. The van der Waals surface area contributed by atoms with Gasteiger partial charge in [0.05, 0.1) is 10.6 Å². The van der Waals surface area contributed by atoms with Crippen LogP contribution in [0.15, 0.2) is 71.8 Å². The lowest BCUT2D eigenvalue weighted by molar-refractivity contribution is -0.121. The number of sulfonamides is 1. The van der Waals surface area contributed by atoms with E-state index in [0.29, 0.717) is 11.4 Å². The number of carbonyl (C=O) groups is 1. The molecule has 0 unspecified atom stereocenters. The summed E-state index contributed by atoms with van der Waals surface area (Å²) >= 11 is 11.9. The molecular formula is C22H20Cl2FN3O3S. The van der Waals surface area contributed by atoms with Crippen molar-refractivity contribution < 1.29 is 17.6 Å². The van der Waals surface area contributed by atoms with E-state index in [1.54, 1.807) is 12.3 Å². The summed E-state index contributed by atoms with van der Waals surface area (Å²) in [7, 11) is -4.33. The van der Waals surface area contributed by atoms with Gasteiger partial charge in [0.1, 0.15) is 11.9 Å². The Hall–Kier alpha value is -2.68. The van der Waals surface area contributed by atoms with Crippen molar-refractivity contribution in [3.8, 4) is 0 Å². The number of hydrogen-bond acceptors (Lipinski definition) is 4. The Morgan fingerprint density at radius 1 is 1.09 bits per heavy atom. The lowest BCUT2D eigenvalue weighted by atomic mass is 10.2. The SMILES string of the molecule is C[C@H](C(=O)NCCc1ccccn1)N(c1cc(Cl)ccc1F)S(=O)(=O)c1ccc(Cl)cc1. The number of aromatic nitrogens is 1. The first kappa shape index (κ1) is 24.0. The number of nitrogens with zero attached hydrogens (tertiary/aromatic N) is 2. The minimum atomic E-state index is -4.33.